The van der Waals surface area contributed by atoms with E-state index in [4.69, 9.17) is 9.47 Å². The van der Waals surface area contributed by atoms with Gasteiger partial charge in [0.2, 0.25) is 5.91 Å². The Kier molecular flexibility index (Phi) is 5.61. The molecule has 0 saturated heterocycles. The molecular weight excluding hydrogens is 330 g/mol. The second-order valence-electron chi connectivity index (χ2n) is 6.35. The van der Waals surface area contributed by atoms with Crippen molar-refractivity contribution in [3.05, 3.63) is 41.6 Å². The van der Waals surface area contributed by atoms with Crippen molar-refractivity contribution >= 4 is 17.4 Å². The van der Waals surface area contributed by atoms with Gasteiger partial charge in [0.15, 0.2) is 11.5 Å². The van der Waals surface area contributed by atoms with E-state index in [1.54, 1.807) is 20.4 Å². The van der Waals surface area contributed by atoms with Crippen LogP contribution in [0, 0.1) is 0 Å². The minimum atomic E-state index is 0.0231. The molecular formula is C20H25N3O3. The van der Waals surface area contributed by atoms with Gasteiger partial charge in [0, 0.05) is 19.5 Å². The summed E-state index contributed by atoms with van der Waals surface area (Å²) in [5.41, 5.74) is 3.23. The highest BCUT2D eigenvalue weighted by Gasteiger charge is 2.20. The third-order valence-electron chi connectivity index (χ3n) is 4.55. The van der Waals surface area contributed by atoms with Crippen LogP contribution in [0.25, 0.3) is 0 Å². The number of nitrogens with one attached hydrogen (secondary N) is 1. The van der Waals surface area contributed by atoms with Crippen LogP contribution < -0.4 is 19.7 Å². The summed E-state index contributed by atoms with van der Waals surface area (Å²) in [7, 11) is 3.31. The molecule has 2 aromatic rings. The molecule has 6 nitrogen and oxygen atoms in total. The zero-order chi connectivity index (χ0) is 18.5. The van der Waals surface area contributed by atoms with E-state index in [-0.39, 0.29) is 5.91 Å². The maximum absolute atomic E-state index is 11.7. The maximum Gasteiger partial charge on any atom is 0.224 e. The summed E-state index contributed by atoms with van der Waals surface area (Å²) in [6, 6.07) is 7.96. The summed E-state index contributed by atoms with van der Waals surface area (Å²) >= 11 is 0. The molecule has 0 fully saturated rings. The van der Waals surface area contributed by atoms with Gasteiger partial charge in [-0.2, -0.15) is 0 Å². The van der Waals surface area contributed by atoms with Gasteiger partial charge >= 0.3 is 0 Å². The van der Waals surface area contributed by atoms with Crippen LogP contribution in [0.1, 0.15) is 30.9 Å². The van der Waals surface area contributed by atoms with E-state index in [9.17, 15) is 4.79 Å². The lowest BCUT2D eigenvalue weighted by Gasteiger charge is -2.30. The highest BCUT2D eigenvalue weighted by atomic mass is 16.5. The number of aromatic nitrogens is 1. The number of anilines is 2. The van der Waals surface area contributed by atoms with Gasteiger partial charge in [0.1, 0.15) is 5.82 Å². The summed E-state index contributed by atoms with van der Waals surface area (Å²) in [5.74, 6) is 2.44. The fourth-order valence-corrected chi connectivity index (χ4v) is 3.18. The largest absolute Gasteiger partial charge is 0.493 e. The predicted molar refractivity (Wildman–Crippen MR) is 102 cm³/mol. The van der Waals surface area contributed by atoms with Crippen molar-refractivity contribution in [3.63, 3.8) is 0 Å². The predicted octanol–water partition coefficient (Wildman–Crippen LogP) is 3.40. The Hall–Kier alpha value is -2.76. The molecule has 6 heteroatoms. The third kappa shape index (κ3) is 3.90. The molecule has 1 N–H and O–H groups in total. The molecule has 0 bridgehead atoms. The first-order valence-corrected chi connectivity index (χ1v) is 8.89. The van der Waals surface area contributed by atoms with Crippen molar-refractivity contribution < 1.29 is 14.3 Å². The van der Waals surface area contributed by atoms with Crippen LogP contribution in [0.3, 0.4) is 0 Å². The minimum absolute atomic E-state index is 0.0231. The molecule has 0 radical (unpaired) electrons. The molecule has 2 heterocycles. The van der Waals surface area contributed by atoms with Crippen LogP contribution in [-0.2, 0) is 17.8 Å². The van der Waals surface area contributed by atoms with E-state index in [2.05, 4.69) is 21.3 Å². The summed E-state index contributed by atoms with van der Waals surface area (Å²) in [4.78, 5) is 18.4. The van der Waals surface area contributed by atoms with Crippen LogP contribution >= 0.6 is 0 Å². The molecule has 138 valence electrons. The van der Waals surface area contributed by atoms with Gasteiger partial charge in [-0.1, -0.05) is 6.92 Å². The van der Waals surface area contributed by atoms with Crippen LogP contribution in [0.5, 0.6) is 11.5 Å². The molecule has 1 aliphatic rings. The molecule has 0 saturated carbocycles. The number of benzene rings is 1. The second-order valence-corrected chi connectivity index (χ2v) is 6.35. The Labute approximate surface area is 154 Å². The van der Waals surface area contributed by atoms with Gasteiger partial charge in [-0.05, 0) is 48.2 Å². The number of carbonyl (C=O) groups is 1. The number of methoxy groups -OCH3 is 2. The lowest BCUT2D eigenvalue weighted by Crippen LogP contribution is -2.31. The first-order chi connectivity index (χ1) is 12.6. The van der Waals surface area contributed by atoms with E-state index >= 15 is 0 Å². The molecule has 0 spiro atoms. The normalized spacial score (nSPS) is 13.1. The van der Waals surface area contributed by atoms with Gasteiger partial charge in [0.05, 0.1) is 26.1 Å². The number of hydrogen-bond donors (Lipinski definition) is 1. The fraction of sp³-hybridized carbons (Fsp3) is 0.400. The number of hydrogen-bond acceptors (Lipinski definition) is 5. The Morgan fingerprint density at radius 1 is 1.19 bits per heavy atom. The van der Waals surface area contributed by atoms with Crippen molar-refractivity contribution in [2.24, 2.45) is 0 Å². The summed E-state index contributed by atoms with van der Waals surface area (Å²) in [5, 5.41) is 2.87. The van der Waals surface area contributed by atoms with Crippen LogP contribution in [0.4, 0.5) is 11.5 Å². The van der Waals surface area contributed by atoms with Gasteiger partial charge in [0.25, 0.3) is 0 Å². The van der Waals surface area contributed by atoms with Crippen LogP contribution in [0.2, 0.25) is 0 Å². The number of carbonyl (C=O) groups excluding carboxylic acids is 1. The molecule has 0 atom stereocenters. The smallest absolute Gasteiger partial charge is 0.224 e. The van der Waals surface area contributed by atoms with Crippen molar-refractivity contribution in [1.82, 2.24) is 4.98 Å². The molecule has 26 heavy (non-hydrogen) atoms. The third-order valence-corrected chi connectivity index (χ3v) is 4.55. The number of ether oxygens (including phenoxy) is 2. The molecule has 1 aromatic heterocycles. The highest BCUT2D eigenvalue weighted by Crippen LogP contribution is 2.34. The van der Waals surface area contributed by atoms with E-state index < -0.39 is 0 Å². The average Bonchev–Trinajstić information content (AvgIpc) is 2.67. The zero-order valence-electron chi connectivity index (χ0n) is 15.5. The lowest BCUT2D eigenvalue weighted by molar-refractivity contribution is -0.116. The lowest BCUT2D eigenvalue weighted by atomic mass is 9.99. The van der Waals surface area contributed by atoms with Crippen molar-refractivity contribution in [2.75, 3.05) is 31.0 Å². The molecule has 3 rings (SSSR count). The Morgan fingerprint density at radius 3 is 2.54 bits per heavy atom. The molecule has 0 unspecified atom stereocenters. The van der Waals surface area contributed by atoms with E-state index in [1.807, 2.05) is 25.1 Å². The van der Waals surface area contributed by atoms with Crippen LogP contribution in [-0.4, -0.2) is 31.7 Å². The molecule has 1 aromatic carbocycles. The highest BCUT2D eigenvalue weighted by molar-refractivity contribution is 5.90. The SMILES string of the molecule is CCCC(=O)Nc1ccc(N2CCc3cc(OC)c(OC)cc3C2)nc1. The molecule has 0 aliphatic carbocycles. The average molecular weight is 355 g/mol. The van der Waals surface area contributed by atoms with Gasteiger partial charge < -0.3 is 19.7 Å². The number of fused-ring (bicyclic) bond motifs is 1. The Morgan fingerprint density at radius 2 is 1.92 bits per heavy atom. The van der Waals surface area contributed by atoms with Gasteiger partial charge in [-0.15, -0.1) is 0 Å². The summed E-state index contributed by atoms with van der Waals surface area (Å²) in [6.07, 6.45) is 3.99. The maximum atomic E-state index is 11.7. The second kappa shape index (κ2) is 8.08. The minimum Gasteiger partial charge on any atom is -0.493 e. The zero-order valence-corrected chi connectivity index (χ0v) is 15.5. The number of nitrogens with zero attached hydrogens (tertiary/aromatic N) is 2. The van der Waals surface area contributed by atoms with Crippen LogP contribution in [0.15, 0.2) is 30.5 Å². The first-order valence-electron chi connectivity index (χ1n) is 8.89. The topological polar surface area (TPSA) is 63.7 Å². The summed E-state index contributed by atoms with van der Waals surface area (Å²) in [6.45, 7) is 3.64. The quantitative estimate of drug-likeness (QED) is 0.860. The monoisotopic (exact) mass is 355 g/mol. The standard InChI is InChI=1S/C20H25N3O3/c1-4-5-20(24)22-16-6-7-19(21-12-16)23-9-8-14-10-17(25-2)18(26-3)11-15(14)13-23/h6-7,10-12H,4-5,8-9,13H2,1-3H3,(H,22,24). The van der Waals surface area contributed by atoms with Gasteiger partial charge in [-0.25, -0.2) is 4.98 Å². The Balaban J connectivity index is 1.73. The van der Waals surface area contributed by atoms with Gasteiger partial charge in [-0.3, -0.25) is 4.79 Å². The molecule has 1 aliphatic heterocycles. The number of amides is 1. The Bertz CT molecular complexity index is 775. The van der Waals surface area contributed by atoms with Crippen molar-refractivity contribution in [1.29, 1.82) is 0 Å². The van der Waals surface area contributed by atoms with E-state index in [0.29, 0.717) is 6.42 Å². The molecule has 1 amide bonds. The summed E-state index contributed by atoms with van der Waals surface area (Å²) < 4.78 is 10.8. The van der Waals surface area contributed by atoms with E-state index in [1.165, 1.54) is 11.1 Å². The van der Waals surface area contributed by atoms with Crippen molar-refractivity contribution in [3.8, 4) is 11.5 Å². The fourth-order valence-electron chi connectivity index (χ4n) is 3.18. The van der Waals surface area contributed by atoms with E-state index in [0.717, 1.165) is 48.9 Å². The van der Waals surface area contributed by atoms with Crippen molar-refractivity contribution in [2.45, 2.75) is 32.7 Å². The number of rotatable bonds is 6. The number of pyridine rings is 1. The first kappa shape index (κ1) is 18.0.